The molecule has 0 amide bonds. The molecule has 2 atom stereocenters. The molecule has 2 N–H and O–H groups in total. The summed E-state index contributed by atoms with van der Waals surface area (Å²) in [6.45, 7) is 3.52. The van der Waals surface area contributed by atoms with Crippen LogP contribution in [0.2, 0.25) is 0 Å². The third-order valence-electron chi connectivity index (χ3n) is 2.62. The van der Waals surface area contributed by atoms with Gasteiger partial charge in [0.25, 0.3) is 0 Å². The first kappa shape index (κ1) is 9.49. The van der Waals surface area contributed by atoms with Crippen LogP contribution in [0, 0.1) is 0 Å². The summed E-state index contributed by atoms with van der Waals surface area (Å²) in [6.07, 6.45) is -1.76. The largest absolute Gasteiger partial charge is 0.485 e. The standard InChI is InChI=1S/C11H14O3/c1-11(2)10(13)9(12)7-5-3-4-6-8(7)14-11/h3-6,9-10,12-13H,1-2H3/t9-,10-/m1/s1. The van der Waals surface area contributed by atoms with Gasteiger partial charge in [-0.25, -0.2) is 0 Å². The van der Waals surface area contributed by atoms with Crippen LogP contribution in [0.25, 0.3) is 0 Å². The third kappa shape index (κ3) is 1.29. The lowest BCUT2D eigenvalue weighted by Crippen LogP contribution is -2.48. The Balaban J connectivity index is 2.48. The van der Waals surface area contributed by atoms with E-state index in [0.29, 0.717) is 11.3 Å². The Morgan fingerprint density at radius 1 is 1.21 bits per heavy atom. The summed E-state index contributed by atoms with van der Waals surface area (Å²) in [6, 6.07) is 7.22. The molecule has 3 heteroatoms. The van der Waals surface area contributed by atoms with Gasteiger partial charge in [0, 0.05) is 5.56 Å². The zero-order valence-corrected chi connectivity index (χ0v) is 8.27. The van der Waals surface area contributed by atoms with Crippen LogP contribution in [0.3, 0.4) is 0 Å². The Kier molecular flexibility index (Phi) is 2.01. The fourth-order valence-corrected chi connectivity index (χ4v) is 1.71. The van der Waals surface area contributed by atoms with E-state index >= 15 is 0 Å². The normalized spacial score (nSPS) is 29.1. The molecule has 0 spiro atoms. The first-order valence-electron chi connectivity index (χ1n) is 4.66. The molecular weight excluding hydrogens is 180 g/mol. The number of aliphatic hydroxyl groups is 2. The molecule has 0 unspecified atom stereocenters. The van der Waals surface area contributed by atoms with E-state index in [1.54, 1.807) is 26.0 Å². The average Bonchev–Trinajstić information content (AvgIpc) is 2.14. The number of para-hydroxylation sites is 1. The van der Waals surface area contributed by atoms with Crippen molar-refractivity contribution in [2.75, 3.05) is 0 Å². The maximum atomic E-state index is 9.84. The Hall–Kier alpha value is -1.06. The van der Waals surface area contributed by atoms with Crippen LogP contribution in [-0.4, -0.2) is 21.9 Å². The van der Waals surface area contributed by atoms with E-state index in [4.69, 9.17) is 4.74 Å². The van der Waals surface area contributed by atoms with Gasteiger partial charge in [0.1, 0.15) is 23.6 Å². The number of aliphatic hydroxyl groups excluding tert-OH is 2. The van der Waals surface area contributed by atoms with Crippen molar-refractivity contribution in [3.63, 3.8) is 0 Å². The topological polar surface area (TPSA) is 49.7 Å². The van der Waals surface area contributed by atoms with E-state index < -0.39 is 17.8 Å². The van der Waals surface area contributed by atoms with E-state index in [9.17, 15) is 10.2 Å². The first-order chi connectivity index (χ1) is 6.52. The maximum absolute atomic E-state index is 9.84. The number of fused-ring (bicyclic) bond motifs is 1. The monoisotopic (exact) mass is 194 g/mol. The molecule has 3 nitrogen and oxygen atoms in total. The molecule has 1 aliphatic rings. The highest BCUT2D eigenvalue weighted by Crippen LogP contribution is 2.39. The maximum Gasteiger partial charge on any atom is 0.132 e. The van der Waals surface area contributed by atoms with Crippen molar-refractivity contribution in [3.8, 4) is 5.75 Å². The highest BCUT2D eigenvalue weighted by molar-refractivity contribution is 5.38. The molecule has 0 saturated heterocycles. The Labute approximate surface area is 83.0 Å². The molecule has 1 aromatic carbocycles. The number of ether oxygens (including phenoxy) is 1. The lowest BCUT2D eigenvalue weighted by Gasteiger charge is -2.39. The van der Waals surface area contributed by atoms with Crippen molar-refractivity contribution < 1.29 is 14.9 Å². The van der Waals surface area contributed by atoms with E-state index in [1.807, 2.05) is 12.1 Å². The first-order valence-corrected chi connectivity index (χ1v) is 4.66. The molecule has 0 saturated carbocycles. The summed E-state index contributed by atoms with van der Waals surface area (Å²) in [5.74, 6) is 0.648. The Bertz CT molecular complexity index is 346. The minimum atomic E-state index is -0.891. The molecule has 1 aromatic rings. The Morgan fingerprint density at radius 3 is 2.57 bits per heavy atom. The SMILES string of the molecule is CC1(C)Oc2ccccc2[C@@H](O)[C@H]1O. The molecular formula is C11H14O3. The molecule has 14 heavy (non-hydrogen) atoms. The molecule has 0 aliphatic carbocycles. The van der Waals surface area contributed by atoms with Gasteiger partial charge in [-0.1, -0.05) is 18.2 Å². The molecule has 76 valence electrons. The zero-order chi connectivity index (χ0) is 10.3. The lowest BCUT2D eigenvalue weighted by molar-refractivity contribution is -0.111. The summed E-state index contributed by atoms with van der Waals surface area (Å²) in [7, 11) is 0. The van der Waals surface area contributed by atoms with Crippen molar-refractivity contribution >= 4 is 0 Å². The molecule has 1 heterocycles. The van der Waals surface area contributed by atoms with Crippen LogP contribution in [0.4, 0.5) is 0 Å². The molecule has 1 aliphatic heterocycles. The lowest BCUT2D eigenvalue weighted by atomic mass is 9.89. The number of benzene rings is 1. The molecule has 2 rings (SSSR count). The summed E-state index contributed by atoms with van der Waals surface area (Å²) in [4.78, 5) is 0. The minimum absolute atomic E-state index is 0.648. The van der Waals surface area contributed by atoms with Crippen molar-refractivity contribution in [3.05, 3.63) is 29.8 Å². The molecule has 0 aromatic heterocycles. The van der Waals surface area contributed by atoms with Gasteiger partial charge in [-0.05, 0) is 19.9 Å². The summed E-state index contributed by atoms with van der Waals surface area (Å²) in [5, 5.41) is 19.6. The second kappa shape index (κ2) is 2.97. The van der Waals surface area contributed by atoms with Gasteiger partial charge in [0.05, 0.1) is 0 Å². The van der Waals surface area contributed by atoms with Crippen LogP contribution < -0.4 is 4.74 Å². The van der Waals surface area contributed by atoms with E-state index in [2.05, 4.69) is 0 Å². The smallest absolute Gasteiger partial charge is 0.132 e. The van der Waals surface area contributed by atoms with E-state index in [0.717, 1.165) is 0 Å². The number of rotatable bonds is 0. The van der Waals surface area contributed by atoms with Gasteiger partial charge in [0.15, 0.2) is 0 Å². The van der Waals surface area contributed by atoms with E-state index in [-0.39, 0.29) is 0 Å². The van der Waals surface area contributed by atoms with Crippen LogP contribution in [0.1, 0.15) is 25.5 Å². The van der Waals surface area contributed by atoms with Gasteiger partial charge in [-0.3, -0.25) is 0 Å². The van der Waals surface area contributed by atoms with Gasteiger partial charge in [-0.2, -0.15) is 0 Å². The van der Waals surface area contributed by atoms with Crippen LogP contribution in [0.5, 0.6) is 5.75 Å². The fourth-order valence-electron chi connectivity index (χ4n) is 1.71. The van der Waals surface area contributed by atoms with Crippen LogP contribution in [0.15, 0.2) is 24.3 Å². The quantitative estimate of drug-likeness (QED) is 0.653. The third-order valence-corrected chi connectivity index (χ3v) is 2.62. The molecule has 0 fully saturated rings. The van der Waals surface area contributed by atoms with Crippen molar-refractivity contribution in [2.24, 2.45) is 0 Å². The number of hydrogen-bond acceptors (Lipinski definition) is 3. The van der Waals surface area contributed by atoms with Gasteiger partial charge < -0.3 is 14.9 Å². The van der Waals surface area contributed by atoms with Gasteiger partial charge in [-0.15, -0.1) is 0 Å². The Morgan fingerprint density at radius 2 is 1.86 bits per heavy atom. The number of hydrogen-bond donors (Lipinski definition) is 2. The fraction of sp³-hybridized carbons (Fsp3) is 0.455. The second-order valence-corrected chi connectivity index (χ2v) is 4.13. The predicted octanol–water partition coefficient (Wildman–Crippen LogP) is 1.25. The van der Waals surface area contributed by atoms with Gasteiger partial charge in [0.2, 0.25) is 0 Å². The minimum Gasteiger partial charge on any atom is -0.485 e. The highest BCUT2D eigenvalue weighted by Gasteiger charge is 2.41. The van der Waals surface area contributed by atoms with Crippen molar-refractivity contribution in [1.82, 2.24) is 0 Å². The highest BCUT2D eigenvalue weighted by atomic mass is 16.5. The predicted molar refractivity (Wildman–Crippen MR) is 52.1 cm³/mol. The summed E-state index contributed by atoms with van der Waals surface area (Å²) >= 11 is 0. The van der Waals surface area contributed by atoms with Crippen molar-refractivity contribution in [2.45, 2.75) is 31.7 Å². The molecule has 0 bridgehead atoms. The summed E-state index contributed by atoms with van der Waals surface area (Å²) < 4.78 is 5.59. The van der Waals surface area contributed by atoms with Gasteiger partial charge >= 0.3 is 0 Å². The van der Waals surface area contributed by atoms with E-state index in [1.165, 1.54) is 0 Å². The van der Waals surface area contributed by atoms with Crippen molar-refractivity contribution in [1.29, 1.82) is 0 Å². The molecule has 0 radical (unpaired) electrons. The zero-order valence-electron chi connectivity index (χ0n) is 8.27. The average molecular weight is 194 g/mol. The van der Waals surface area contributed by atoms with Crippen LogP contribution in [-0.2, 0) is 0 Å². The second-order valence-electron chi connectivity index (χ2n) is 4.13. The summed E-state index contributed by atoms with van der Waals surface area (Å²) in [5.41, 5.74) is -0.0901. The van der Waals surface area contributed by atoms with Crippen LogP contribution >= 0.6 is 0 Å².